The molecule has 1 saturated carbocycles. The molecule has 1 aliphatic carbocycles. The van der Waals surface area contributed by atoms with Crippen molar-refractivity contribution in [2.24, 2.45) is 5.92 Å². The van der Waals surface area contributed by atoms with Crippen molar-refractivity contribution in [2.45, 2.75) is 88.4 Å². The first kappa shape index (κ1) is 24.7. The highest BCUT2D eigenvalue weighted by Crippen LogP contribution is 2.36. The number of carbonyl (C=O) groups excluding carboxylic acids is 1. The molecular weight excluding hydrogens is 441 g/mol. The summed E-state index contributed by atoms with van der Waals surface area (Å²) in [6.07, 6.45) is 5.50. The van der Waals surface area contributed by atoms with Crippen LogP contribution in [-0.2, 0) is 28.7 Å². The van der Waals surface area contributed by atoms with E-state index in [2.05, 4.69) is 0 Å². The van der Waals surface area contributed by atoms with Gasteiger partial charge in [0.05, 0.1) is 22.2 Å². The fraction of sp³-hybridized carbons (Fsp3) is 0.708. The molecule has 2 heterocycles. The van der Waals surface area contributed by atoms with E-state index in [1.165, 1.54) is 0 Å². The van der Waals surface area contributed by atoms with E-state index in [-0.39, 0.29) is 28.8 Å². The Hall–Kier alpha value is -1.42. The molecule has 1 aromatic rings. The average molecular weight is 477 g/mol. The molecule has 3 aliphatic rings. The van der Waals surface area contributed by atoms with E-state index in [9.17, 15) is 13.2 Å². The molecule has 33 heavy (non-hydrogen) atoms. The number of likely N-dealkylation sites (tertiary alicyclic amines) is 1. The highest BCUT2D eigenvalue weighted by molar-refractivity contribution is 7.91. The molecule has 0 atom stereocenters. The Kier molecular flexibility index (Phi) is 6.98. The van der Waals surface area contributed by atoms with Crippen molar-refractivity contribution in [1.29, 1.82) is 0 Å². The van der Waals surface area contributed by atoms with Crippen molar-refractivity contribution < 1.29 is 27.3 Å². The number of piperidine rings is 1. The summed E-state index contributed by atoms with van der Waals surface area (Å²) >= 11 is 0. The predicted molar refractivity (Wildman–Crippen MR) is 127 cm³/mol. The van der Waals surface area contributed by atoms with Crippen LogP contribution >= 0.6 is 0 Å². The summed E-state index contributed by atoms with van der Waals surface area (Å²) in [6, 6.07) is 6.65. The number of ether oxygens (including phenoxy) is 1. The minimum Gasteiger partial charge on any atom is -0.399 e. The van der Waals surface area contributed by atoms with Crippen LogP contribution in [0.5, 0.6) is 0 Å². The van der Waals surface area contributed by atoms with Crippen molar-refractivity contribution in [3.05, 3.63) is 24.3 Å². The molecule has 0 N–H and O–H groups in total. The Morgan fingerprint density at radius 1 is 1.00 bits per heavy atom. The molecule has 182 valence electrons. The number of sulfone groups is 1. The summed E-state index contributed by atoms with van der Waals surface area (Å²) in [5, 5.41) is 0. The minimum absolute atomic E-state index is 0.142. The van der Waals surface area contributed by atoms with Gasteiger partial charge < -0.3 is 18.9 Å². The Bertz CT molecular complexity index is 932. The summed E-state index contributed by atoms with van der Waals surface area (Å²) in [5.74, 6) is 0.0908. The van der Waals surface area contributed by atoms with Crippen molar-refractivity contribution >= 4 is 28.3 Å². The third kappa shape index (κ3) is 5.31. The zero-order valence-corrected chi connectivity index (χ0v) is 21.0. The number of carbonyl (C=O) groups is 1. The van der Waals surface area contributed by atoms with Crippen LogP contribution in [0, 0.1) is 5.92 Å². The monoisotopic (exact) mass is 477 g/mol. The van der Waals surface area contributed by atoms with E-state index in [1.807, 2.05) is 32.6 Å². The standard InChI is InChI=1S/C24H36BNO6S/c1-23(2)24(3,4)32-25(31-23)19-9-11-21(12-10-19)33(28,29)17-30-20-13-15-26(16-14-20)22(27)18-7-5-6-8-18/h9-12,18,20H,5-8,13-17H2,1-4H3. The van der Waals surface area contributed by atoms with E-state index in [0.717, 1.165) is 31.1 Å². The van der Waals surface area contributed by atoms with Gasteiger partial charge in [-0.3, -0.25) is 4.79 Å². The minimum atomic E-state index is -3.57. The summed E-state index contributed by atoms with van der Waals surface area (Å²) in [5.41, 5.74) is -0.117. The number of benzene rings is 1. The van der Waals surface area contributed by atoms with Gasteiger partial charge in [-0.05, 0) is 71.0 Å². The van der Waals surface area contributed by atoms with Crippen molar-refractivity contribution in [3.8, 4) is 0 Å². The number of nitrogens with zero attached hydrogens (tertiary/aromatic N) is 1. The van der Waals surface area contributed by atoms with Gasteiger partial charge in [-0.15, -0.1) is 0 Å². The summed E-state index contributed by atoms with van der Waals surface area (Å²) in [7, 11) is -4.10. The second-order valence-corrected chi connectivity index (χ2v) is 12.5. The van der Waals surface area contributed by atoms with Gasteiger partial charge >= 0.3 is 7.12 Å². The molecule has 7 nitrogen and oxygen atoms in total. The zero-order chi connectivity index (χ0) is 23.9. The second-order valence-electron chi connectivity index (χ2n) is 10.6. The van der Waals surface area contributed by atoms with Gasteiger partial charge in [0.15, 0.2) is 5.94 Å². The van der Waals surface area contributed by atoms with Gasteiger partial charge in [-0.2, -0.15) is 0 Å². The Labute approximate surface area is 198 Å². The topological polar surface area (TPSA) is 82.1 Å². The van der Waals surface area contributed by atoms with Crippen LogP contribution in [0.4, 0.5) is 0 Å². The lowest BCUT2D eigenvalue weighted by Crippen LogP contribution is -2.43. The molecule has 0 aromatic heterocycles. The largest absolute Gasteiger partial charge is 0.494 e. The first-order chi connectivity index (χ1) is 15.5. The van der Waals surface area contributed by atoms with Gasteiger partial charge in [0.1, 0.15) is 0 Å². The van der Waals surface area contributed by atoms with Crippen LogP contribution in [0.2, 0.25) is 0 Å². The number of amides is 1. The quantitative estimate of drug-likeness (QED) is 0.586. The van der Waals surface area contributed by atoms with Gasteiger partial charge in [-0.1, -0.05) is 25.0 Å². The van der Waals surface area contributed by atoms with Crippen molar-refractivity contribution in [3.63, 3.8) is 0 Å². The van der Waals surface area contributed by atoms with Crippen molar-refractivity contribution in [2.75, 3.05) is 19.0 Å². The first-order valence-electron chi connectivity index (χ1n) is 12.1. The first-order valence-corrected chi connectivity index (χ1v) is 13.7. The van der Waals surface area contributed by atoms with Crippen LogP contribution in [0.25, 0.3) is 0 Å². The maximum atomic E-state index is 12.8. The Balaban J connectivity index is 1.28. The molecule has 1 amide bonds. The summed E-state index contributed by atoms with van der Waals surface area (Å²) in [4.78, 5) is 14.7. The summed E-state index contributed by atoms with van der Waals surface area (Å²) in [6.45, 7) is 9.22. The second kappa shape index (κ2) is 9.32. The Morgan fingerprint density at radius 2 is 1.55 bits per heavy atom. The highest BCUT2D eigenvalue weighted by atomic mass is 32.2. The number of rotatable bonds is 6. The summed E-state index contributed by atoms with van der Waals surface area (Å²) < 4.78 is 43.5. The molecule has 4 rings (SSSR count). The van der Waals surface area contributed by atoms with E-state index in [0.29, 0.717) is 25.9 Å². The predicted octanol–water partition coefficient (Wildman–Crippen LogP) is 2.91. The molecule has 3 fully saturated rings. The molecule has 0 radical (unpaired) electrons. The lowest BCUT2D eigenvalue weighted by atomic mass is 9.79. The number of hydrogen-bond acceptors (Lipinski definition) is 6. The van der Waals surface area contributed by atoms with Crippen molar-refractivity contribution in [1.82, 2.24) is 4.90 Å². The van der Waals surface area contributed by atoms with E-state index < -0.39 is 28.2 Å². The van der Waals surface area contributed by atoms with Crippen LogP contribution < -0.4 is 5.46 Å². The fourth-order valence-electron chi connectivity index (χ4n) is 4.74. The highest BCUT2D eigenvalue weighted by Gasteiger charge is 2.51. The smallest absolute Gasteiger partial charge is 0.399 e. The van der Waals surface area contributed by atoms with Crippen LogP contribution in [0.15, 0.2) is 29.2 Å². The molecular formula is C24H36BNO6S. The normalized spacial score (nSPS) is 23.9. The average Bonchev–Trinajstić information content (AvgIpc) is 3.38. The molecule has 0 bridgehead atoms. The van der Waals surface area contributed by atoms with Crippen LogP contribution in [-0.4, -0.2) is 62.7 Å². The molecule has 1 aromatic carbocycles. The molecule has 0 unspecified atom stereocenters. The third-order valence-corrected chi connectivity index (χ3v) is 9.12. The van der Waals surface area contributed by atoms with Gasteiger partial charge in [0.2, 0.25) is 15.7 Å². The van der Waals surface area contributed by atoms with E-state index >= 15 is 0 Å². The number of hydrogen-bond donors (Lipinski definition) is 0. The lowest BCUT2D eigenvalue weighted by Gasteiger charge is -2.33. The lowest BCUT2D eigenvalue weighted by molar-refractivity contribution is -0.137. The molecule has 2 aliphatic heterocycles. The molecule has 0 spiro atoms. The van der Waals surface area contributed by atoms with Gasteiger partial charge in [-0.25, -0.2) is 8.42 Å². The van der Waals surface area contributed by atoms with Gasteiger partial charge in [0, 0.05) is 19.0 Å². The Morgan fingerprint density at radius 3 is 2.09 bits per heavy atom. The zero-order valence-electron chi connectivity index (χ0n) is 20.2. The fourth-order valence-corrected chi connectivity index (χ4v) is 5.80. The van der Waals surface area contributed by atoms with Crippen LogP contribution in [0.1, 0.15) is 66.2 Å². The molecule has 2 saturated heterocycles. The molecule has 9 heteroatoms. The van der Waals surface area contributed by atoms with Crippen LogP contribution in [0.3, 0.4) is 0 Å². The maximum Gasteiger partial charge on any atom is 0.494 e. The van der Waals surface area contributed by atoms with Gasteiger partial charge in [0.25, 0.3) is 0 Å². The third-order valence-electron chi connectivity index (χ3n) is 7.68. The van der Waals surface area contributed by atoms with E-state index in [1.54, 1.807) is 24.3 Å². The van der Waals surface area contributed by atoms with E-state index in [4.69, 9.17) is 14.0 Å². The maximum absolute atomic E-state index is 12.8. The SMILES string of the molecule is CC1(C)OB(c2ccc(S(=O)(=O)COC3CCN(C(=O)C4CCCC4)CC3)cc2)OC1(C)C.